The van der Waals surface area contributed by atoms with Crippen molar-refractivity contribution in [2.24, 2.45) is 0 Å². The second-order valence-corrected chi connectivity index (χ2v) is 6.08. The van der Waals surface area contributed by atoms with Crippen molar-refractivity contribution in [2.45, 2.75) is 32.8 Å². The highest BCUT2D eigenvalue weighted by molar-refractivity contribution is 6.04. The number of para-hydroxylation sites is 1. The summed E-state index contributed by atoms with van der Waals surface area (Å²) >= 11 is 0. The number of hydrogen-bond acceptors (Lipinski definition) is 4. The molecule has 0 unspecified atom stereocenters. The van der Waals surface area contributed by atoms with Crippen molar-refractivity contribution in [1.82, 2.24) is 5.32 Å². The Morgan fingerprint density at radius 3 is 2.56 bits per heavy atom. The highest BCUT2D eigenvalue weighted by Gasteiger charge is 2.18. The molecular formula is C21H26N2O4. The number of nitrogens with one attached hydrogen (secondary N) is 2. The van der Waals surface area contributed by atoms with Crippen LogP contribution in [0.15, 0.2) is 48.5 Å². The van der Waals surface area contributed by atoms with Crippen LogP contribution >= 0.6 is 0 Å². The van der Waals surface area contributed by atoms with Gasteiger partial charge in [0.05, 0.1) is 18.4 Å². The van der Waals surface area contributed by atoms with Gasteiger partial charge in [-0.2, -0.15) is 0 Å². The van der Waals surface area contributed by atoms with E-state index in [1.807, 2.05) is 0 Å². The normalized spacial score (nSPS) is 11.4. The van der Waals surface area contributed by atoms with Gasteiger partial charge in [0.25, 0.3) is 11.8 Å². The van der Waals surface area contributed by atoms with E-state index >= 15 is 0 Å². The molecule has 0 aliphatic rings. The molecule has 0 bridgehead atoms. The van der Waals surface area contributed by atoms with E-state index in [-0.39, 0.29) is 11.8 Å². The molecule has 6 nitrogen and oxygen atoms in total. The van der Waals surface area contributed by atoms with E-state index in [4.69, 9.17) is 9.47 Å². The lowest BCUT2D eigenvalue weighted by Gasteiger charge is -2.17. The first-order chi connectivity index (χ1) is 13.0. The number of anilines is 1. The van der Waals surface area contributed by atoms with Gasteiger partial charge in [-0.25, -0.2) is 0 Å². The molecular weight excluding hydrogens is 344 g/mol. The summed E-state index contributed by atoms with van der Waals surface area (Å²) < 4.78 is 10.8. The number of benzene rings is 2. The topological polar surface area (TPSA) is 76.7 Å². The largest absolute Gasteiger partial charge is 0.497 e. The Kier molecular flexibility index (Phi) is 7.67. The molecule has 0 heterocycles. The van der Waals surface area contributed by atoms with Crippen LogP contribution in [0.1, 0.15) is 37.0 Å². The maximum absolute atomic E-state index is 12.5. The zero-order valence-electron chi connectivity index (χ0n) is 16.0. The summed E-state index contributed by atoms with van der Waals surface area (Å²) in [6, 6.07) is 14.0. The fourth-order valence-electron chi connectivity index (χ4n) is 2.43. The Morgan fingerprint density at radius 2 is 1.81 bits per heavy atom. The third-order valence-corrected chi connectivity index (χ3v) is 3.97. The minimum Gasteiger partial charge on any atom is -0.497 e. The van der Waals surface area contributed by atoms with E-state index in [0.717, 1.165) is 12.8 Å². The molecule has 27 heavy (non-hydrogen) atoms. The summed E-state index contributed by atoms with van der Waals surface area (Å²) in [6.45, 7) is 4.32. The van der Waals surface area contributed by atoms with Gasteiger partial charge in [0.2, 0.25) is 0 Å². The van der Waals surface area contributed by atoms with E-state index in [9.17, 15) is 9.59 Å². The Labute approximate surface area is 159 Å². The molecule has 0 radical (unpaired) electrons. The zero-order valence-corrected chi connectivity index (χ0v) is 16.0. The lowest BCUT2D eigenvalue weighted by molar-refractivity contribution is -0.122. The van der Waals surface area contributed by atoms with Crippen molar-refractivity contribution in [3.05, 3.63) is 54.1 Å². The standard InChI is InChI=1S/C21H26N2O4/c1-4-5-13-22-21(25)18-11-6-7-12-19(18)23-20(24)15(2)27-17-10-8-9-16(14-17)26-3/h6-12,14-15H,4-5,13H2,1-3H3,(H,22,25)(H,23,24)/t15-/m0/s1. The molecule has 2 rings (SSSR count). The fraction of sp³-hybridized carbons (Fsp3) is 0.333. The fourth-order valence-corrected chi connectivity index (χ4v) is 2.43. The number of amides is 2. The van der Waals surface area contributed by atoms with Crippen molar-refractivity contribution in [3.8, 4) is 11.5 Å². The molecule has 0 spiro atoms. The summed E-state index contributed by atoms with van der Waals surface area (Å²) in [7, 11) is 1.57. The predicted octanol–water partition coefficient (Wildman–Crippen LogP) is 3.63. The summed E-state index contributed by atoms with van der Waals surface area (Å²) in [5, 5.41) is 5.63. The molecule has 6 heteroatoms. The maximum Gasteiger partial charge on any atom is 0.265 e. The van der Waals surface area contributed by atoms with Gasteiger partial charge in [0, 0.05) is 12.6 Å². The van der Waals surface area contributed by atoms with Gasteiger partial charge in [-0.3, -0.25) is 9.59 Å². The number of unbranched alkanes of at least 4 members (excludes halogenated alkanes) is 1. The van der Waals surface area contributed by atoms with Crippen LogP contribution in [0.25, 0.3) is 0 Å². The molecule has 0 aliphatic heterocycles. The average Bonchev–Trinajstić information content (AvgIpc) is 2.68. The summed E-state index contributed by atoms with van der Waals surface area (Å²) in [4.78, 5) is 24.9. The molecule has 0 aliphatic carbocycles. The Balaban J connectivity index is 2.03. The molecule has 2 amide bonds. The summed E-state index contributed by atoms with van der Waals surface area (Å²) in [5.74, 6) is 0.629. The van der Waals surface area contributed by atoms with Gasteiger partial charge < -0.3 is 20.1 Å². The SMILES string of the molecule is CCCCNC(=O)c1ccccc1NC(=O)[C@H](C)Oc1cccc(OC)c1. The minimum absolute atomic E-state index is 0.208. The van der Waals surface area contributed by atoms with Crippen LogP contribution in [-0.2, 0) is 4.79 Å². The molecule has 0 aromatic heterocycles. The molecule has 0 saturated heterocycles. The van der Waals surface area contributed by atoms with E-state index in [1.54, 1.807) is 62.6 Å². The lowest BCUT2D eigenvalue weighted by Crippen LogP contribution is -2.32. The molecule has 144 valence electrons. The van der Waals surface area contributed by atoms with Crippen molar-refractivity contribution in [3.63, 3.8) is 0 Å². The van der Waals surface area contributed by atoms with Crippen molar-refractivity contribution >= 4 is 17.5 Å². The van der Waals surface area contributed by atoms with Gasteiger partial charge in [-0.15, -0.1) is 0 Å². The second kappa shape index (κ2) is 10.2. The third-order valence-electron chi connectivity index (χ3n) is 3.97. The monoisotopic (exact) mass is 370 g/mol. The number of carbonyl (C=O) groups excluding carboxylic acids is 2. The average molecular weight is 370 g/mol. The Morgan fingerprint density at radius 1 is 1.07 bits per heavy atom. The van der Waals surface area contributed by atoms with E-state index in [0.29, 0.717) is 29.3 Å². The molecule has 1 atom stereocenters. The first kappa shape index (κ1) is 20.3. The molecule has 2 aromatic rings. The molecule has 2 N–H and O–H groups in total. The van der Waals surface area contributed by atoms with Crippen molar-refractivity contribution < 1.29 is 19.1 Å². The minimum atomic E-state index is -0.742. The van der Waals surface area contributed by atoms with Gasteiger partial charge in [0.1, 0.15) is 11.5 Å². The Hall–Kier alpha value is -3.02. The lowest BCUT2D eigenvalue weighted by atomic mass is 10.1. The van der Waals surface area contributed by atoms with E-state index < -0.39 is 6.10 Å². The Bertz CT molecular complexity index is 776. The van der Waals surface area contributed by atoms with Gasteiger partial charge >= 0.3 is 0 Å². The quantitative estimate of drug-likeness (QED) is 0.661. The molecule has 0 fully saturated rings. The maximum atomic E-state index is 12.5. The van der Waals surface area contributed by atoms with Gasteiger partial charge in [-0.05, 0) is 37.6 Å². The smallest absolute Gasteiger partial charge is 0.265 e. The predicted molar refractivity (Wildman–Crippen MR) is 105 cm³/mol. The third kappa shape index (κ3) is 6.02. The van der Waals surface area contributed by atoms with E-state index in [2.05, 4.69) is 17.6 Å². The number of methoxy groups -OCH3 is 1. The van der Waals surface area contributed by atoms with Crippen LogP contribution in [-0.4, -0.2) is 31.6 Å². The molecule has 0 saturated carbocycles. The number of carbonyl (C=O) groups is 2. The zero-order chi connectivity index (χ0) is 19.6. The highest BCUT2D eigenvalue weighted by Crippen LogP contribution is 2.21. The van der Waals surface area contributed by atoms with Gasteiger partial charge in [-0.1, -0.05) is 31.5 Å². The van der Waals surface area contributed by atoms with E-state index in [1.165, 1.54) is 0 Å². The summed E-state index contributed by atoms with van der Waals surface area (Å²) in [6.07, 6.45) is 1.16. The van der Waals surface area contributed by atoms with Crippen LogP contribution < -0.4 is 20.1 Å². The number of ether oxygens (including phenoxy) is 2. The van der Waals surface area contributed by atoms with Crippen molar-refractivity contribution in [1.29, 1.82) is 0 Å². The first-order valence-electron chi connectivity index (χ1n) is 9.04. The number of hydrogen-bond donors (Lipinski definition) is 2. The highest BCUT2D eigenvalue weighted by atomic mass is 16.5. The van der Waals surface area contributed by atoms with Crippen LogP contribution in [0.3, 0.4) is 0 Å². The van der Waals surface area contributed by atoms with Crippen LogP contribution in [0.5, 0.6) is 11.5 Å². The first-order valence-corrected chi connectivity index (χ1v) is 9.04. The van der Waals surface area contributed by atoms with Gasteiger partial charge in [0.15, 0.2) is 6.10 Å². The van der Waals surface area contributed by atoms with Crippen LogP contribution in [0.4, 0.5) is 5.69 Å². The molecule has 2 aromatic carbocycles. The van der Waals surface area contributed by atoms with Crippen molar-refractivity contribution in [2.75, 3.05) is 19.0 Å². The van der Waals surface area contributed by atoms with Crippen LogP contribution in [0, 0.1) is 0 Å². The second-order valence-electron chi connectivity index (χ2n) is 6.08. The van der Waals surface area contributed by atoms with Crippen LogP contribution in [0.2, 0.25) is 0 Å². The summed E-state index contributed by atoms with van der Waals surface area (Å²) in [5.41, 5.74) is 0.883. The number of rotatable bonds is 9.